The highest BCUT2D eigenvalue weighted by molar-refractivity contribution is 5.34. The maximum absolute atomic E-state index is 5.56. The molecule has 0 fully saturated rings. The molecule has 2 heterocycles. The summed E-state index contributed by atoms with van der Waals surface area (Å²) in [4.78, 5) is 0. The van der Waals surface area contributed by atoms with Crippen molar-refractivity contribution in [1.82, 2.24) is 24.9 Å². The minimum Gasteiger partial charge on any atom is -0.481 e. The lowest BCUT2D eigenvalue weighted by atomic mass is 9.92. The van der Waals surface area contributed by atoms with Crippen molar-refractivity contribution >= 4 is 0 Å². The third-order valence-corrected chi connectivity index (χ3v) is 4.76. The predicted octanol–water partition coefficient (Wildman–Crippen LogP) is 2.45. The van der Waals surface area contributed by atoms with E-state index in [0.717, 1.165) is 31.0 Å². The SMILES string of the molecule is COc1c(CNC2CCCc3c2cnn3C)c(C(C)C)nn1C. The molecule has 126 valence electrons. The number of hydrogen-bond acceptors (Lipinski definition) is 4. The number of nitrogens with one attached hydrogen (secondary N) is 1. The molecule has 0 amide bonds. The van der Waals surface area contributed by atoms with Crippen LogP contribution in [0.1, 0.15) is 61.2 Å². The summed E-state index contributed by atoms with van der Waals surface area (Å²) < 4.78 is 9.41. The van der Waals surface area contributed by atoms with Gasteiger partial charge in [0.2, 0.25) is 5.88 Å². The zero-order chi connectivity index (χ0) is 16.6. The van der Waals surface area contributed by atoms with E-state index < -0.39 is 0 Å². The molecule has 1 aliphatic carbocycles. The van der Waals surface area contributed by atoms with Crippen LogP contribution in [-0.4, -0.2) is 26.7 Å². The van der Waals surface area contributed by atoms with Gasteiger partial charge in [-0.05, 0) is 25.2 Å². The van der Waals surface area contributed by atoms with Crippen molar-refractivity contribution in [2.75, 3.05) is 7.11 Å². The van der Waals surface area contributed by atoms with Crippen LogP contribution in [0.25, 0.3) is 0 Å². The molecular formula is C17H27N5O. The maximum Gasteiger partial charge on any atom is 0.216 e. The highest BCUT2D eigenvalue weighted by Gasteiger charge is 2.25. The van der Waals surface area contributed by atoms with Gasteiger partial charge in [0, 0.05) is 37.9 Å². The Hall–Kier alpha value is -1.82. The van der Waals surface area contributed by atoms with E-state index in [1.54, 1.807) is 7.11 Å². The number of hydrogen-bond donors (Lipinski definition) is 1. The van der Waals surface area contributed by atoms with Crippen LogP contribution in [0.3, 0.4) is 0 Å². The Kier molecular flexibility index (Phi) is 4.43. The van der Waals surface area contributed by atoms with E-state index in [-0.39, 0.29) is 0 Å². The van der Waals surface area contributed by atoms with Gasteiger partial charge >= 0.3 is 0 Å². The molecular weight excluding hydrogens is 290 g/mol. The van der Waals surface area contributed by atoms with Crippen molar-refractivity contribution in [3.05, 3.63) is 28.7 Å². The second-order valence-electron chi connectivity index (χ2n) is 6.65. The second kappa shape index (κ2) is 6.35. The van der Waals surface area contributed by atoms with Crippen LogP contribution in [0.2, 0.25) is 0 Å². The summed E-state index contributed by atoms with van der Waals surface area (Å²) in [7, 11) is 5.68. The Morgan fingerprint density at radius 2 is 2.13 bits per heavy atom. The molecule has 0 aromatic carbocycles. The Bertz CT molecular complexity index is 685. The molecule has 2 aromatic heterocycles. The van der Waals surface area contributed by atoms with Crippen LogP contribution in [0, 0.1) is 0 Å². The first-order chi connectivity index (χ1) is 11.0. The molecule has 0 spiro atoms. The van der Waals surface area contributed by atoms with Gasteiger partial charge in [-0.2, -0.15) is 10.2 Å². The lowest BCUT2D eigenvalue weighted by Gasteiger charge is -2.24. The normalized spacial score (nSPS) is 17.6. The molecule has 1 aliphatic rings. The highest BCUT2D eigenvalue weighted by Crippen LogP contribution is 2.31. The van der Waals surface area contributed by atoms with Crippen LogP contribution in [0.15, 0.2) is 6.20 Å². The van der Waals surface area contributed by atoms with Crippen molar-refractivity contribution in [2.24, 2.45) is 14.1 Å². The summed E-state index contributed by atoms with van der Waals surface area (Å²) in [6.07, 6.45) is 5.48. The van der Waals surface area contributed by atoms with Gasteiger partial charge in [-0.15, -0.1) is 0 Å². The molecule has 0 radical (unpaired) electrons. The molecule has 0 aliphatic heterocycles. The minimum atomic E-state index is 0.359. The lowest BCUT2D eigenvalue weighted by molar-refractivity contribution is 0.365. The van der Waals surface area contributed by atoms with Crippen LogP contribution in [0.4, 0.5) is 0 Å². The predicted molar refractivity (Wildman–Crippen MR) is 89.6 cm³/mol. The van der Waals surface area contributed by atoms with Crippen molar-refractivity contribution in [3.8, 4) is 5.88 Å². The van der Waals surface area contributed by atoms with Crippen LogP contribution in [-0.2, 0) is 27.1 Å². The largest absolute Gasteiger partial charge is 0.481 e. The first-order valence-corrected chi connectivity index (χ1v) is 8.36. The van der Waals surface area contributed by atoms with Gasteiger partial charge in [0.1, 0.15) is 0 Å². The molecule has 0 saturated carbocycles. The average molecular weight is 317 g/mol. The molecule has 6 nitrogen and oxygen atoms in total. The summed E-state index contributed by atoms with van der Waals surface area (Å²) in [5, 5.41) is 12.8. The van der Waals surface area contributed by atoms with E-state index in [2.05, 4.69) is 29.4 Å². The zero-order valence-corrected chi connectivity index (χ0v) is 14.8. The van der Waals surface area contributed by atoms with E-state index in [9.17, 15) is 0 Å². The third-order valence-electron chi connectivity index (χ3n) is 4.76. The Morgan fingerprint density at radius 3 is 2.83 bits per heavy atom. The van der Waals surface area contributed by atoms with E-state index in [0.29, 0.717) is 12.0 Å². The van der Waals surface area contributed by atoms with Gasteiger partial charge in [-0.3, -0.25) is 4.68 Å². The standard InChI is InChI=1S/C17H27N5O/c1-11(2)16-13(17(23-5)22(4)20-16)9-18-14-7-6-8-15-12(14)10-19-21(15)3/h10-11,14,18H,6-9H2,1-5H3. The smallest absolute Gasteiger partial charge is 0.216 e. The molecule has 2 aromatic rings. The topological polar surface area (TPSA) is 56.9 Å². The lowest BCUT2D eigenvalue weighted by Crippen LogP contribution is -2.25. The zero-order valence-electron chi connectivity index (χ0n) is 14.8. The molecule has 23 heavy (non-hydrogen) atoms. The number of aryl methyl sites for hydroxylation is 2. The summed E-state index contributed by atoms with van der Waals surface area (Å²) in [6.45, 7) is 5.11. The monoisotopic (exact) mass is 317 g/mol. The Labute approximate surface area is 137 Å². The van der Waals surface area contributed by atoms with E-state index >= 15 is 0 Å². The summed E-state index contributed by atoms with van der Waals surface area (Å²) in [6, 6.07) is 0.359. The summed E-state index contributed by atoms with van der Waals surface area (Å²) in [5.41, 5.74) is 4.98. The average Bonchev–Trinajstić information content (AvgIpc) is 3.06. The fourth-order valence-electron chi connectivity index (χ4n) is 3.60. The number of rotatable bonds is 5. The quantitative estimate of drug-likeness (QED) is 0.920. The number of ether oxygens (including phenoxy) is 1. The van der Waals surface area contributed by atoms with Crippen LogP contribution < -0.4 is 10.1 Å². The van der Waals surface area contributed by atoms with Crippen molar-refractivity contribution in [2.45, 2.75) is 51.6 Å². The van der Waals surface area contributed by atoms with Crippen LogP contribution >= 0.6 is 0 Å². The van der Waals surface area contributed by atoms with E-state index in [1.165, 1.54) is 23.2 Å². The fraction of sp³-hybridized carbons (Fsp3) is 0.647. The molecule has 0 bridgehead atoms. The van der Waals surface area contributed by atoms with Crippen molar-refractivity contribution in [3.63, 3.8) is 0 Å². The molecule has 0 saturated heterocycles. The fourth-order valence-corrected chi connectivity index (χ4v) is 3.60. The molecule has 1 unspecified atom stereocenters. The maximum atomic E-state index is 5.56. The van der Waals surface area contributed by atoms with Gasteiger partial charge in [0.05, 0.1) is 24.6 Å². The molecule has 1 atom stereocenters. The minimum absolute atomic E-state index is 0.359. The van der Waals surface area contributed by atoms with Gasteiger partial charge in [0.25, 0.3) is 0 Å². The van der Waals surface area contributed by atoms with Crippen molar-refractivity contribution < 1.29 is 4.74 Å². The van der Waals surface area contributed by atoms with Gasteiger partial charge < -0.3 is 10.1 Å². The Balaban J connectivity index is 1.82. The number of methoxy groups -OCH3 is 1. The Morgan fingerprint density at radius 1 is 1.35 bits per heavy atom. The number of aromatic nitrogens is 4. The highest BCUT2D eigenvalue weighted by atomic mass is 16.5. The van der Waals surface area contributed by atoms with Crippen LogP contribution in [0.5, 0.6) is 5.88 Å². The van der Waals surface area contributed by atoms with E-state index in [4.69, 9.17) is 4.74 Å². The number of fused-ring (bicyclic) bond motifs is 1. The molecule has 1 N–H and O–H groups in total. The molecule has 6 heteroatoms. The van der Waals surface area contributed by atoms with Gasteiger partial charge in [-0.1, -0.05) is 13.8 Å². The first kappa shape index (κ1) is 16.1. The van der Waals surface area contributed by atoms with E-state index in [1.807, 2.05) is 29.7 Å². The summed E-state index contributed by atoms with van der Waals surface area (Å²) in [5.74, 6) is 1.23. The van der Waals surface area contributed by atoms with Gasteiger partial charge in [0.15, 0.2) is 0 Å². The molecule has 3 rings (SSSR count). The second-order valence-corrected chi connectivity index (χ2v) is 6.65. The number of nitrogens with zero attached hydrogens (tertiary/aromatic N) is 4. The summed E-state index contributed by atoms with van der Waals surface area (Å²) >= 11 is 0. The van der Waals surface area contributed by atoms with Crippen molar-refractivity contribution in [1.29, 1.82) is 0 Å². The first-order valence-electron chi connectivity index (χ1n) is 8.36. The third kappa shape index (κ3) is 2.87. The van der Waals surface area contributed by atoms with Gasteiger partial charge in [-0.25, -0.2) is 4.68 Å².